The molecule has 0 aliphatic carbocycles. The molecule has 6 nitrogen and oxygen atoms in total. The average molecular weight is 466 g/mol. The van der Waals surface area contributed by atoms with Gasteiger partial charge in [-0.2, -0.15) is 0 Å². The number of rotatable bonds is 4. The number of hydrogen-bond donors (Lipinski definition) is 0. The van der Waals surface area contributed by atoms with Gasteiger partial charge in [0.15, 0.2) is 0 Å². The first kappa shape index (κ1) is 20.8. The number of aryl methyl sites for hydroxylation is 1. The van der Waals surface area contributed by atoms with Gasteiger partial charge in [0.2, 0.25) is 10.0 Å². The Morgan fingerprint density at radius 1 is 1.04 bits per heavy atom. The fourth-order valence-corrected chi connectivity index (χ4v) is 5.05. The Morgan fingerprint density at radius 2 is 1.71 bits per heavy atom. The van der Waals surface area contributed by atoms with Crippen molar-refractivity contribution < 1.29 is 13.2 Å². The quantitative estimate of drug-likeness (QED) is 0.696. The lowest BCUT2D eigenvalue weighted by Gasteiger charge is -2.36. The fourth-order valence-electron chi connectivity index (χ4n) is 3.21. The SMILES string of the molecule is Cc1cccc(N2CCN(C(=O)c3ccc(Br)c(S(=O)(=O)N(C)C)c3)CC2)c1. The van der Waals surface area contributed by atoms with Crippen LogP contribution in [0, 0.1) is 6.92 Å². The van der Waals surface area contributed by atoms with E-state index in [0.29, 0.717) is 23.1 Å². The Morgan fingerprint density at radius 3 is 2.32 bits per heavy atom. The van der Waals surface area contributed by atoms with Crippen LogP contribution in [0.15, 0.2) is 51.8 Å². The van der Waals surface area contributed by atoms with Crippen molar-refractivity contribution in [1.82, 2.24) is 9.21 Å². The second kappa shape index (κ2) is 8.23. The van der Waals surface area contributed by atoms with Crippen LogP contribution in [0.4, 0.5) is 5.69 Å². The second-order valence-electron chi connectivity index (χ2n) is 7.05. The number of hydrogen-bond acceptors (Lipinski definition) is 4. The van der Waals surface area contributed by atoms with Crippen molar-refractivity contribution >= 4 is 37.5 Å². The van der Waals surface area contributed by atoms with Gasteiger partial charge in [-0.15, -0.1) is 0 Å². The third-order valence-corrected chi connectivity index (χ3v) is 7.68. The molecular formula is C20H24BrN3O3S. The van der Waals surface area contributed by atoms with Crippen LogP contribution in [0.5, 0.6) is 0 Å². The van der Waals surface area contributed by atoms with Gasteiger partial charge in [0.05, 0.1) is 4.90 Å². The minimum Gasteiger partial charge on any atom is -0.368 e. The van der Waals surface area contributed by atoms with E-state index in [1.54, 1.807) is 17.0 Å². The first-order valence-corrected chi connectivity index (χ1v) is 11.3. The monoisotopic (exact) mass is 465 g/mol. The zero-order chi connectivity index (χ0) is 20.5. The minimum absolute atomic E-state index is 0.0988. The Hall–Kier alpha value is -1.90. The third kappa shape index (κ3) is 4.24. The highest BCUT2D eigenvalue weighted by molar-refractivity contribution is 9.10. The largest absolute Gasteiger partial charge is 0.368 e. The molecule has 0 spiro atoms. The number of carbonyl (C=O) groups is 1. The molecule has 1 amide bonds. The molecular weight excluding hydrogens is 442 g/mol. The lowest BCUT2D eigenvalue weighted by Crippen LogP contribution is -2.48. The molecule has 0 bridgehead atoms. The van der Waals surface area contributed by atoms with Gasteiger partial charge in [0, 0.05) is 56.0 Å². The lowest BCUT2D eigenvalue weighted by atomic mass is 10.1. The van der Waals surface area contributed by atoms with E-state index < -0.39 is 10.0 Å². The first-order valence-electron chi connectivity index (χ1n) is 9.03. The van der Waals surface area contributed by atoms with Gasteiger partial charge in [-0.1, -0.05) is 12.1 Å². The summed E-state index contributed by atoms with van der Waals surface area (Å²) in [6, 6.07) is 13.1. The molecule has 2 aromatic carbocycles. The Kier molecular flexibility index (Phi) is 6.12. The standard InChI is InChI=1S/C20H24BrN3O3S/c1-15-5-4-6-17(13-15)23-9-11-24(12-10-23)20(25)16-7-8-18(21)19(14-16)28(26,27)22(2)3/h4-8,13-14H,9-12H2,1-3H3. The third-order valence-electron chi connectivity index (χ3n) is 4.87. The summed E-state index contributed by atoms with van der Waals surface area (Å²) in [7, 11) is -0.690. The summed E-state index contributed by atoms with van der Waals surface area (Å²) in [6.45, 7) is 4.75. The van der Waals surface area contributed by atoms with Crippen LogP contribution in [0.25, 0.3) is 0 Å². The van der Waals surface area contributed by atoms with E-state index in [1.807, 2.05) is 6.07 Å². The van der Waals surface area contributed by atoms with Crippen LogP contribution < -0.4 is 4.90 Å². The molecule has 0 aromatic heterocycles. The summed E-state index contributed by atoms with van der Waals surface area (Å²) >= 11 is 3.28. The van der Waals surface area contributed by atoms with Gasteiger partial charge in [-0.3, -0.25) is 4.79 Å². The van der Waals surface area contributed by atoms with Crippen molar-refractivity contribution in [2.75, 3.05) is 45.2 Å². The van der Waals surface area contributed by atoms with Crippen LogP contribution >= 0.6 is 15.9 Å². The predicted molar refractivity (Wildman–Crippen MR) is 114 cm³/mol. The number of anilines is 1. The van der Waals surface area contributed by atoms with Crippen LogP contribution in [0.3, 0.4) is 0 Å². The fraction of sp³-hybridized carbons (Fsp3) is 0.350. The van der Waals surface area contributed by atoms with E-state index >= 15 is 0 Å². The number of benzene rings is 2. The summed E-state index contributed by atoms with van der Waals surface area (Å²) in [4.78, 5) is 17.1. The van der Waals surface area contributed by atoms with E-state index in [4.69, 9.17) is 0 Å². The first-order chi connectivity index (χ1) is 13.2. The summed E-state index contributed by atoms with van der Waals surface area (Å²) in [5, 5.41) is 0. The average Bonchev–Trinajstić information content (AvgIpc) is 2.67. The summed E-state index contributed by atoms with van der Waals surface area (Å²) < 4.78 is 26.6. The number of halogens is 1. The topological polar surface area (TPSA) is 60.9 Å². The molecule has 1 heterocycles. The molecule has 0 atom stereocenters. The van der Waals surface area contributed by atoms with Crippen molar-refractivity contribution in [2.45, 2.75) is 11.8 Å². The van der Waals surface area contributed by atoms with Gasteiger partial charge in [-0.05, 0) is 58.7 Å². The van der Waals surface area contributed by atoms with Gasteiger partial charge in [-0.25, -0.2) is 12.7 Å². The van der Waals surface area contributed by atoms with Crippen LogP contribution in [0.2, 0.25) is 0 Å². The molecule has 1 saturated heterocycles. The van der Waals surface area contributed by atoms with E-state index in [2.05, 4.69) is 46.0 Å². The minimum atomic E-state index is -3.64. The molecule has 0 radical (unpaired) electrons. The summed E-state index contributed by atoms with van der Waals surface area (Å²) in [5.74, 6) is -0.147. The molecule has 0 N–H and O–H groups in total. The molecule has 28 heavy (non-hydrogen) atoms. The maximum absolute atomic E-state index is 12.9. The summed E-state index contributed by atoms with van der Waals surface area (Å²) in [6.07, 6.45) is 0. The molecule has 8 heteroatoms. The van der Waals surface area contributed by atoms with E-state index in [-0.39, 0.29) is 10.8 Å². The molecule has 1 aliphatic rings. The molecule has 150 valence electrons. The van der Waals surface area contributed by atoms with Crippen LogP contribution in [0.1, 0.15) is 15.9 Å². The van der Waals surface area contributed by atoms with Crippen molar-refractivity contribution in [3.8, 4) is 0 Å². The molecule has 0 unspecified atom stereocenters. The van der Waals surface area contributed by atoms with Gasteiger partial charge in [0.1, 0.15) is 0 Å². The highest BCUT2D eigenvalue weighted by Crippen LogP contribution is 2.26. The van der Waals surface area contributed by atoms with Gasteiger partial charge in [0.25, 0.3) is 5.91 Å². The number of amides is 1. The zero-order valence-electron chi connectivity index (χ0n) is 16.2. The Labute approximate surface area is 174 Å². The summed E-state index contributed by atoms with van der Waals surface area (Å²) in [5.41, 5.74) is 2.75. The van der Waals surface area contributed by atoms with Crippen molar-refractivity contribution in [1.29, 1.82) is 0 Å². The number of sulfonamides is 1. The van der Waals surface area contributed by atoms with Gasteiger partial charge >= 0.3 is 0 Å². The normalized spacial score (nSPS) is 15.2. The maximum atomic E-state index is 12.9. The number of piperazine rings is 1. The van der Waals surface area contributed by atoms with Crippen molar-refractivity contribution in [3.05, 3.63) is 58.1 Å². The molecule has 1 aliphatic heterocycles. The van der Waals surface area contributed by atoms with E-state index in [9.17, 15) is 13.2 Å². The number of carbonyl (C=O) groups excluding carboxylic acids is 1. The molecule has 3 rings (SSSR count). The lowest BCUT2D eigenvalue weighted by molar-refractivity contribution is 0.0746. The highest BCUT2D eigenvalue weighted by atomic mass is 79.9. The van der Waals surface area contributed by atoms with Crippen LogP contribution in [-0.4, -0.2) is 63.8 Å². The van der Waals surface area contributed by atoms with Crippen LogP contribution in [-0.2, 0) is 10.0 Å². The zero-order valence-corrected chi connectivity index (χ0v) is 18.6. The predicted octanol–water partition coefficient (Wildman–Crippen LogP) is 2.97. The molecule has 2 aromatic rings. The molecule has 0 saturated carbocycles. The maximum Gasteiger partial charge on any atom is 0.254 e. The Bertz CT molecular complexity index is 984. The smallest absolute Gasteiger partial charge is 0.254 e. The Balaban J connectivity index is 1.75. The van der Waals surface area contributed by atoms with Gasteiger partial charge < -0.3 is 9.80 Å². The number of nitrogens with zero attached hydrogens (tertiary/aromatic N) is 3. The van der Waals surface area contributed by atoms with Crippen molar-refractivity contribution in [2.24, 2.45) is 0 Å². The molecule has 1 fully saturated rings. The van der Waals surface area contributed by atoms with E-state index in [1.165, 1.54) is 25.7 Å². The second-order valence-corrected chi connectivity index (χ2v) is 10.0. The highest BCUT2D eigenvalue weighted by Gasteiger charge is 2.26. The van der Waals surface area contributed by atoms with Crippen molar-refractivity contribution in [3.63, 3.8) is 0 Å². The van der Waals surface area contributed by atoms with E-state index in [0.717, 1.165) is 23.1 Å².